The summed E-state index contributed by atoms with van der Waals surface area (Å²) in [6.07, 6.45) is 3.19. The van der Waals surface area contributed by atoms with Gasteiger partial charge in [-0.25, -0.2) is 0 Å². The minimum absolute atomic E-state index is 0.0298. The van der Waals surface area contributed by atoms with Gasteiger partial charge in [-0.05, 0) is 58.9 Å². The molecule has 5 nitrogen and oxygen atoms in total. The fourth-order valence-electron chi connectivity index (χ4n) is 4.95. The van der Waals surface area contributed by atoms with Gasteiger partial charge in [0, 0.05) is 44.8 Å². The van der Waals surface area contributed by atoms with Crippen LogP contribution in [0, 0.1) is 0 Å². The van der Waals surface area contributed by atoms with Gasteiger partial charge in [0.2, 0.25) is 0 Å². The first-order valence-electron chi connectivity index (χ1n) is 13.5. The predicted molar refractivity (Wildman–Crippen MR) is 144 cm³/mol. The third-order valence-electron chi connectivity index (χ3n) is 7.66. The summed E-state index contributed by atoms with van der Waals surface area (Å²) in [7, 11) is 0. The van der Waals surface area contributed by atoms with Gasteiger partial charge in [-0.1, -0.05) is 63.2 Å². The number of nitrogens with one attached hydrogen (secondary N) is 2. The molecule has 2 aromatic carbocycles. The van der Waals surface area contributed by atoms with Crippen LogP contribution < -0.4 is 10.6 Å². The van der Waals surface area contributed by atoms with Crippen LogP contribution in [0.5, 0.6) is 0 Å². The van der Waals surface area contributed by atoms with Crippen LogP contribution in [0.3, 0.4) is 0 Å². The average molecular weight is 480 g/mol. The number of morpholine rings is 1. The highest BCUT2D eigenvalue weighted by Crippen LogP contribution is 2.35. The minimum Gasteiger partial charge on any atom is -0.394 e. The first kappa shape index (κ1) is 26.3. The summed E-state index contributed by atoms with van der Waals surface area (Å²) < 4.78 is 5.44. The molecule has 0 bridgehead atoms. The molecule has 0 spiro atoms. The fraction of sp³-hybridized carbons (Fsp3) is 0.600. The lowest BCUT2D eigenvalue weighted by Gasteiger charge is -2.26. The molecule has 1 saturated carbocycles. The third-order valence-corrected chi connectivity index (χ3v) is 7.66. The first-order valence-corrected chi connectivity index (χ1v) is 13.5. The van der Waals surface area contributed by atoms with Crippen LogP contribution in [-0.4, -0.2) is 61.5 Å². The van der Waals surface area contributed by atoms with E-state index < -0.39 is 0 Å². The monoisotopic (exact) mass is 479 g/mol. The highest BCUT2D eigenvalue weighted by Gasteiger charge is 2.41. The maximum Gasteiger partial charge on any atom is 0.0613 e. The van der Waals surface area contributed by atoms with E-state index in [1.54, 1.807) is 0 Å². The van der Waals surface area contributed by atoms with E-state index in [9.17, 15) is 5.11 Å². The molecule has 0 aromatic heterocycles. The molecule has 1 saturated heterocycles. The van der Waals surface area contributed by atoms with E-state index in [0.29, 0.717) is 11.8 Å². The summed E-state index contributed by atoms with van der Waals surface area (Å²) in [4.78, 5) is 2.47. The van der Waals surface area contributed by atoms with Crippen molar-refractivity contribution in [2.24, 2.45) is 0 Å². The molecule has 35 heavy (non-hydrogen) atoms. The molecule has 2 fully saturated rings. The Morgan fingerprint density at radius 2 is 1.69 bits per heavy atom. The van der Waals surface area contributed by atoms with E-state index in [0.717, 1.165) is 71.7 Å². The van der Waals surface area contributed by atoms with Crippen LogP contribution in [-0.2, 0) is 24.2 Å². The van der Waals surface area contributed by atoms with Gasteiger partial charge in [0.05, 0.1) is 19.8 Å². The Kier molecular flexibility index (Phi) is 9.37. The summed E-state index contributed by atoms with van der Waals surface area (Å²) in [6, 6.07) is 16.2. The quantitative estimate of drug-likeness (QED) is 0.376. The van der Waals surface area contributed by atoms with Crippen molar-refractivity contribution in [3.05, 3.63) is 70.3 Å². The van der Waals surface area contributed by atoms with Crippen LogP contribution in [0.1, 0.15) is 73.3 Å². The second-order valence-electron chi connectivity index (χ2n) is 11.0. The summed E-state index contributed by atoms with van der Waals surface area (Å²) >= 11 is 0. The smallest absolute Gasteiger partial charge is 0.0613 e. The number of aliphatic hydroxyl groups excluding tert-OH is 1. The van der Waals surface area contributed by atoms with E-state index >= 15 is 0 Å². The molecule has 3 N–H and O–H groups in total. The van der Waals surface area contributed by atoms with E-state index in [4.69, 9.17) is 4.74 Å². The molecule has 1 aliphatic carbocycles. The number of nitrogens with zero attached hydrogens (tertiary/aromatic N) is 1. The van der Waals surface area contributed by atoms with Crippen LogP contribution in [0.4, 0.5) is 0 Å². The molecule has 1 heterocycles. The normalized spacial score (nSPS) is 18.7. The number of benzene rings is 2. The van der Waals surface area contributed by atoms with Crippen molar-refractivity contribution in [3.63, 3.8) is 0 Å². The van der Waals surface area contributed by atoms with Gasteiger partial charge in [-0.15, -0.1) is 0 Å². The van der Waals surface area contributed by atoms with Gasteiger partial charge < -0.3 is 20.5 Å². The molecule has 0 amide bonds. The standard InChI is InChI=1S/C30H45N3O2/c1-23(2)29-18-26(16-27(19-29)21-32-30(22-34)7-8-30)15-24(3)28-6-4-5-25(17-28)20-31-9-10-33-11-13-35-14-12-33/h4-6,16-19,23-24,31-32,34H,7-15,20-22H2,1-3H3. The Labute approximate surface area is 212 Å². The van der Waals surface area contributed by atoms with Gasteiger partial charge in [0.25, 0.3) is 0 Å². The Bertz CT molecular complexity index is 935. The maximum atomic E-state index is 9.65. The van der Waals surface area contributed by atoms with E-state index in [2.05, 4.69) is 78.8 Å². The third kappa shape index (κ3) is 7.86. The fourth-order valence-corrected chi connectivity index (χ4v) is 4.95. The number of hydrogen-bond donors (Lipinski definition) is 3. The van der Waals surface area contributed by atoms with Crippen molar-refractivity contribution in [1.82, 2.24) is 15.5 Å². The highest BCUT2D eigenvalue weighted by atomic mass is 16.5. The van der Waals surface area contributed by atoms with E-state index in [1.165, 1.54) is 27.8 Å². The molecule has 192 valence electrons. The second-order valence-corrected chi connectivity index (χ2v) is 11.0. The van der Waals surface area contributed by atoms with Gasteiger partial charge in [-0.2, -0.15) is 0 Å². The first-order chi connectivity index (χ1) is 17.0. The van der Waals surface area contributed by atoms with Crippen molar-refractivity contribution < 1.29 is 9.84 Å². The predicted octanol–water partition coefficient (Wildman–Crippen LogP) is 4.19. The van der Waals surface area contributed by atoms with Crippen LogP contribution in [0.25, 0.3) is 0 Å². The lowest BCUT2D eigenvalue weighted by Crippen LogP contribution is -2.40. The van der Waals surface area contributed by atoms with Crippen molar-refractivity contribution in [2.45, 2.75) is 70.5 Å². The molecule has 2 aromatic rings. The summed E-state index contributed by atoms with van der Waals surface area (Å²) in [5, 5.41) is 16.9. The zero-order valence-electron chi connectivity index (χ0n) is 22.0. The highest BCUT2D eigenvalue weighted by molar-refractivity contribution is 5.34. The molecule has 1 aliphatic heterocycles. The van der Waals surface area contributed by atoms with Crippen molar-refractivity contribution in [3.8, 4) is 0 Å². The molecular formula is C30H45N3O2. The Hall–Kier alpha value is -1.76. The van der Waals surface area contributed by atoms with Gasteiger partial charge in [-0.3, -0.25) is 4.90 Å². The van der Waals surface area contributed by atoms with Crippen LogP contribution in [0.2, 0.25) is 0 Å². The number of ether oxygens (including phenoxy) is 1. The summed E-state index contributed by atoms with van der Waals surface area (Å²) in [5.74, 6) is 0.960. The Morgan fingerprint density at radius 3 is 2.40 bits per heavy atom. The van der Waals surface area contributed by atoms with Crippen molar-refractivity contribution in [1.29, 1.82) is 0 Å². The van der Waals surface area contributed by atoms with E-state index in [1.807, 2.05) is 0 Å². The molecular weight excluding hydrogens is 434 g/mol. The van der Waals surface area contributed by atoms with E-state index in [-0.39, 0.29) is 12.1 Å². The Balaban J connectivity index is 1.33. The Morgan fingerprint density at radius 1 is 0.943 bits per heavy atom. The number of aliphatic hydroxyl groups is 1. The van der Waals surface area contributed by atoms with Gasteiger partial charge in [0.1, 0.15) is 0 Å². The SMILES string of the molecule is CC(C)c1cc(CNC2(CO)CC2)cc(CC(C)c2cccc(CNCCN3CCOCC3)c2)c1. The summed E-state index contributed by atoms with van der Waals surface area (Å²) in [6.45, 7) is 14.8. The molecule has 5 heteroatoms. The molecule has 1 unspecified atom stereocenters. The lowest BCUT2D eigenvalue weighted by molar-refractivity contribution is 0.0384. The minimum atomic E-state index is -0.0298. The molecule has 0 radical (unpaired) electrons. The lowest BCUT2D eigenvalue weighted by atomic mass is 9.89. The largest absolute Gasteiger partial charge is 0.394 e. The van der Waals surface area contributed by atoms with Gasteiger partial charge >= 0.3 is 0 Å². The topological polar surface area (TPSA) is 56.8 Å². The molecule has 2 aliphatic rings. The number of rotatable bonds is 13. The maximum absolute atomic E-state index is 9.65. The van der Waals surface area contributed by atoms with Crippen molar-refractivity contribution in [2.75, 3.05) is 46.0 Å². The molecule has 1 atom stereocenters. The van der Waals surface area contributed by atoms with Crippen molar-refractivity contribution >= 4 is 0 Å². The summed E-state index contributed by atoms with van der Waals surface area (Å²) in [5.41, 5.74) is 6.87. The van der Waals surface area contributed by atoms with Crippen LogP contribution in [0.15, 0.2) is 42.5 Å². The van der Waals surface area contributed by atoms with Gasteiger partial charge in [0.15, 0.2) is 0 Å². The molecule has 4 rings (SSSR count). The average Bonchev–Trinajstić information content (AvgIpc) is 3.66. The number of hydrogen-bond acceptors (Lipinski definition) is 5. The second kappa shape index (κ2) is 12.5. The zero-order valence-corrected chi connectivity index (χ0v) is 22.0. The van der Waals surface area contributed by atoms with Crippen LogP contribution >= 0.6 is 0 Å². The zero-order chi connectivity index (χ0) is 24.7.